The fourth-order valence-electron chi connectivity index (χ4n) is 2.67. The van der Waals surface area contributed by atoms with Crippen LogP contribution in [0.5, 0.6) is 0 Å². The first-order chi connectivity index (χ1) is 14.2. The molecular formula is C20H17N7OS. The summed E-state index contributed by atoms with van der Waals surface area (Å²) in [5, 5.41) is 3.52. The predicted octanol–water partition coefficient (Wildman–Crippen LogP) is 3.16. The monoisotopic (exact) mass is 403 g/mol. The third kappa shape index (κ3) is 4.64. The van der Waals surface area contributed by atoms with E-state index in [4.69, 9.17) is 0 Å². The van der Waals surface area contributed by atoms with Crippen molar-refractivity contribution in [2.45, 2.75) is 11.9 Å². The Morgan fingerprint density at radius 1 is 1.03 bits per heavy atom. The number of hydrogen-bond donors (Lipinski definition) is 1. The number of imidazole rings is 1. The van der Waals surface area contributed by atoms with Crippen molar-refractivity contribution in [2.24, 2.45) is 0 Å². The van der Waals surface area contributed by atoms with Crippen molar-refractivity contribution < 1.29 is 4.79 Å². The molecule has 0 saturated carbocycles. The fraction of sp³-hybridized carbons (Fsp3) is 0.100. The number of anilines is 1. The zero-order valence-electron chi connectivity index (χ0n) is 15.6. The Morgan fingerprint density at radius 3 is 2.66 bits per heavy atom. The Hall–Kier alpha value is -3.59. The van der Waals surface area contributed by atoms with E-state index in [9.17, 15) is 4.79 Å². The van der Waals surface area contributed by atoms with Crippen molar-refractivity contribution in [3.8, 4) is 17.1 Å². The van der Waals surface area contributed by atoms with Crippen LogP contribution in [0.3, 0.4) is 0 Å². The number of thioether (sulfide) groups is 1. The van der Waals surface area contributed by atoms with E-state index in [0.717, 1.165) is 22.1 Å². The molecule has 0 fully saturated rings. The fourth-order valence-corrected chi connectivity index (χ4v) is 3.34. The average Bonchev–Trinajstić information content (AvgIpc) is 3.19. The van der Waals surface area contributed by atoms with Gasteiger partial charge in [-0.05, 0) is 13.0 Å². The summed E-state index contributed by atoms with van der Waals surface area (Å²) in [7, 11) is 0. The zero-order valence-corrected chi connectivity index (χ0v) is 16.4. The molecule has 0 atom stereocenters. The molecule has 4 aromatic rings. The minimum absolute atomic E-state index is 0.179. The number of aromatic nitrogens is 6. The molecule has 9 heteroatoms. The van der Waals surface area contributed by atoms with Crippen molar-refractivity contribution >= 4 is 23.5 Å². The highest BCUT2D eigenvalue weighted by atomic mass is 32.2. The molecule has 144 valence electrons. The van der Waals surface area contributed by atoms with E-state index in [-0.39, 0.29) is 11.7 Å². The Bertz CT molecular complexity index is 1130. The predicted molar refractivity (Wildman–Crippen MR) is 111 cm³/mol. The highest BCUT2D eigenvalue weighted by Gasteiger charge is 2.09. The van der Waals surface area contributed by atoms with E-state index in [0.29, 0.717) is 11.6 Å². The van der Waals surface area contributed by atoms with Gasteiger partial charge in [-0.25, -0.2) is 24.9 Å². The van der Waals surface area contributed by atoms with Gasteiger partial charge < -0.3 is 5.32 Å². The maximum Gasteiger partial charge on any atom is 0.235 e. The first-order valence-corrected chi connectivity index (χ1v) is 9.80. The van der Waals surface area contributed by atoms with Crippen LogP contribution in [-0.2, 0) is 4.79 Å². The van der Waals surface area contributed by atoms with Gasteiger partial charge >= 0.3 is 0 Å². The molecule has 1 amide bonds. The molecule has 1 aromatic carbocycles. The van der Waals surface area contributed by atoms with E-state index in [1.165, 1.54) is 24.4 Å². The normalized spacial score (nSPS) is 10.7. The van der Waals surface area contributed by atoms with Crippen LogP contribution in [0.1, 0.15) is 5.82 Å². The first-order valence-electron chi connectivity index (χ1n) is 8.81. The molecule has 0 saturated heterocycles. The molecule has 1 N–H and O–H groups in total. The summed E-state index contributed by atoms with van der Waals surface area (Å²) < 4.78 is 1.82. The van der Waals surface area contributed by atoms with Crippen molar-refractivity contribution in [1.29, 1.82) is 0 Å². The summed E-state index contributed by atoms with van der Waals surface area (Å²) in [6.07, 6.45) is 6.41. The Morgan fingerprint density at radius 2 is 1.86 bits per heavy atom. The molecule has 3 heterocycles. The van der Waals surface area contributed by atoms with Gasteiger partial charge in [0.15, 0.2) is 0 Å². The number of rotatable bonds is 6. The van der Waals surface area contributed by atoms with Crippen molar-refractivity contribution in [1.82, 2.24) is 29.5 Å². The van der Waals surface area contributed by atoms with Crippen LogP contribution in [0.4, 0.5) is 5.82 Å². The van der Waals surface area contributed by atoms with Gasteiger partial charge in [0, 0.05) is 24.0 Å². The number of carbonyl (C=O) groups is 1. The average molecular weight is 403 g/mol. The van der Waals surface area contributed by atoms with E-state index in [1.54, 1.807) is 18.5 Å². The molecular weight excluding hydrogens is 386 g/mol. The molecule has 8 nitrogen and oxygen atoms in total. The zero-order chi connectivity index (χ0) is 20.1. The van der Waals surface area contributed by atoms with Gasteiger partial charge in [-0.2, -0.15) is 0 Å². The van der Waals surface area contributed by atoms with Crippen LogP contribution < -0.4 is 5.32 Å². The highest BCUT2D eigenvalue weighted by Crippen LogP contribution is 2.22. The molecule has 0 aliphatic rings. The van der Waals surface area contributed by atoms with Crippen LogP contribution >= 0.6 is 11.8 Å². The lowest BCUT2D eigenvalue weighted by Crippen LogP contribution is -2.15. The third-order valence-electron chi connectivity index (χ3n) is 4.06. The molecule has 29 heavy (non-hydrogen) atoms. The van der Waals surface area contributed by atoms with Crippen LogP contribution in [0, 0.1) is 6.92 Å². The van der Waals surface area contributed by atoms with Crippen LogP contribution in [0.25, 0.3) is 17.1 Å². The van der Waals surface area contributed by atoms with Gasteiger partial charge in [0.2, 0.25) is 5.91 Å². The van der Waals surface area contributed by atoms with Gasteiger partial charge in [0.05, 0.1) is 11.4 Å². The second kappa shape index (κ2) is 8.61. The number of amides is 1. The van der Waals surface area contributed by atoms with Gasteiger partial charge in [0.25, 0.3) is 0 Å². The van der Waals surface area contributed by atoms with Crippen molar-refractivity contribution in [2.75, 3.05) is 11.1 Å². The Balaban J connectivity index is 1.39. The maximum atomic E-state index is 12.4. The quantitative estimate of drug-likeness (QED) is 0.390. The SMILES string of the molecule is Cc1nccn1-c1cc(NC(=O)CSc2cc(-c3ccccc3)ncn2)ncn1. The number of hydrogen-bond acceptors (Lipinski definition) is 7. The van der Waals surface area contributed by atoms with Crippen molar-refractivity contribution in [3.05, 3.63) is 73.3 Å². The summed E-state index contributed by atoms with van der Waals surface area (Å²) in [6, 6.07) is 13.4. The molecule has 3 aromatic heterocycles. The topological polar surface area (TPSA) is 98.5 Å². The van der Waals surface area contributed by atoms with Gasteiger partial charge in [-0.15, -0.1) is 0 Å². The summed E-state index contributed by atoms with van der Waals surface area (Å²) in [5.74, 6) is 1.90. The maximum absolute atomic E-state index is 12.4. The summed E-state index contributed by atoms with van der Waals surface area (Å²) in [4.78, 5) is 33.4. The smallest absolute Gasteiger partial charge is 0.235 e. The Labute approximate surface area is 171 Å². The van der Waals surface area contributed by atoms with Crippen LogP contribution in [0.15, 0.2) is 72.5 Å². The number of aryl methyl sites for hydroxylation is 1. The van der Waals surface area contributed by atoms with Gasteiger partial charge in [-0.3, -0.25) is 9.36 Å². The van der Waals surface area contributed by atoms with E-state index < -0.39 is 0 Å². The van der Waals surface area contributed by atoms with E-state index in [1.807, 2.05) is 47.9 Å². The number of benzene rings is 1. The second-order valence-electron chi connectivity index (χ2n) is 6.05. The second-order valence-corrected chi connectivity index (χ2v) is 7.05. The third-order valence-corrected chi connectivity index (χ3v) is 4.98. The summed E-state index contributed by atoms with van der Waals surface area (Å²) >= 11 is 1.34. The minimum Gasteiger partial charge on any atom is -0.310 e. The van der Waals surface area contributed by atoms with Gasteiger partial charge in [-0.1, -0.05) is 42.1 Å². The lowest BCUT2D eigenvalue weighted by atomic mass is 10.1. The lowest BCUT2D eigenvalue weighted by Gasteiger charge is -2.07. The standard InChI is InChI=1S/C20H17N7OS/c1-14-21-7-8-27(14)18-10-17(23-13-24-18)26-19(28)11-29-20-9-16(22-12-25-20)15-5-3-2-4-6-15/h2-10,12-13H,11H2,1H3,(H,23,24,26,28). The molecule has 0 aliphatic heterocycles. The van der Waals surface area contributed by atoms with E-state index in [2.05, 4.69) is 30.2 Å². The molecule has 0 bridgehead atoms. The molecule has 0 spiro atoms. The highest BCUT2D eigenvalue weighted by molar-refractivity contribution is 7.99. The molecule has 4 rings (SSSR count). The molecule has 0 aliphatic carbocycles. The van der Waals surface area contributed by atoms with Crippen molar-refractivity contribution in [3.63, 3.8) is 0 Å². The number of nitrogens with one attached hydrogen (secondary N) is 1. The van der Waals surface area contributed by atoms with Crippen LogP contribution in [-0.4, -0.2) is 41.1 Å². The van der Waals surface area contributed by atoms with E-state index >= 15 is 0 Å². The summed E-state index contributed by atoms with van der Waals surface area (Å²) in [6.45, 7) is 1.88. The number of carbonyl (C=O) groups excluding carboxylic acids is 1. The molecule has 0 radical (unpaired) electrons. The molecule has 0 unspecified atom stereocenters. The first kappa shape index (κ1) is 18.8. The summed E-state index contributed by atoms with van der Waals surface area (Å²) in [5.41, 5.74) is 1.82. The lowest BCUT2D eigenvalue weighted by molar-refractivity contribution is -0.113. The largest absolute Gasteiger partial charge is 0.310 e. The Kier molecular flexibility index (Phi) is 5.57. The van der Waals surface area contributed by atoms with Crippen LogP contribution in [0.2, 0.25) is 0 Å². The minimum atomic E-state index is -0.179. The number of nitrogens with zero attached hydrogens (tertiary/aromatic N) is 6. The van der Waals surface area contributed by atoms with Gasteiger partial charge in [0.1, 0.15) is 35.1 Å².